The lowest BCUT2D eigenvalue weighted by Gasteiger charge is -2.04. The van der Waals surface area contributed by atoms with Gasteiger partial charge in [-0.1, -0.05) is 6.07 Å². The first-order valence-electron chi connectivity index (χ1n) is 4.12. The fraction of sp³-hybridized carbons (Fsp3) is 0.200. The summed E-state index contributed by atoms with van der Waals surface area (Å²) >= 11 is 1.70. The summed E-state index contributed by atoms with van der Waals surface area (Å²) in [5.74, 6) is 0.154. The third-order valence-electron chi connectivity index (χ3n) is 1.85. The van der Waals surface area contributed by atoms with Gasteiger partial charge in [0, 0.05) is 29.6 Å². The Morgan fingerprint density at radius 2 is 2.46 bits per heavy atom. The first-order valence-corrected chi connectivity index (χ1v) is 5.00. The van der Waals surface area contributed by atoms with Crippen LogP contribution in [0.25, 0.3) is 0 Å². The third kappa shape index (κ3) is 2.12. The van der Waals surface area contributed by atoms with Crippen molar-refractivity contribution in [3.8, 4) is 0 Å². The Morgan fingerprint density at radius 1 is 1.54 bits per heavy atom. The summed E-state index contributed by atoms with van der Waals surface area (Å²) in [4.78, 5) is 16.5. The minimum atomic E-state index is 0.154. The molecule has 0 bridgehead atoms. The van der Waals surface area contributed by atoms with E-state index in [1.165, 1.54) is 11.0 Å². The van der Waals surface area contributed by atoms with Gasteiger partial charge in [-0.15, -0.1) is 11.3 Å². The van der Waals surface area contributed by atoms with Gasteiger partial charge in [-0.3, -0.25) is 9.79 Å². The molecule has 0 saturated carbocycles. The number of nitrogens with zero attached hydrogens (tertiary/aromatic N) is 1. The number of carbonyl (C=O) groups excluding carboxylic acids is 1. The highest BCUT2D eigenvalue weighted by Gasteiger charge is 2.09. The number of hydrogen-bond acceptors (Lipinski definition) is 3. The van der Waals surface area contributed by atoms with Crippen LogP contribution >= 0.6 is 11.3 Å². The summed E-state index contributed by atoms with van der Waals surface area (Å²) in [5.41, 5.74) is 0.968. The molecule has 1 aromatic heterocycles. The number of aliphatic imine (C=N–C) groups is 1. The Balaban J connectivity index is 2.07. The molecule has 1 aliphatic rings. The predicted octanol–water partition coefficient (Wildman–Crippen LogP) is 2.22. The minimum Gasteiger partial charge on any atom is -0.294 e. The van der Waals surface area contributed by atoms with Crippen LogP contribution in [-0.4, -0.2) is 11.5 Å². The highest BCUT2D eigenvalue weighted by Crippen LogP contribution is 2.12. The molecule has 0 N–H and O–H groups in total. The zero-order valence-electron chi connectivity index (χ0n) is 7.06. The molecule has 2 nitrogen and oxygen atoms in total. The van der Waals surface area contributed by atoms with Gasteiger partial charge in [0.15, 0.2) is 5.78 Å². The molecule has 0 fully saturated rings. The normalized spacial score (nSPS) is 16.0. The summed E-state index contributed by atoms with van der Waals surface area (Å²) in [6.07, 6.45) is 4.41. The van der Waals surface area contributed by atoms with Crippen molar-refractivity contribution in [2.45, 2.75) is 12.8 Å². The molecule has 0 aromatic carbocycles. The molecule has 0 unspecified atom stereocenters. The molecule has 1 aromatic rings. The van der Waals surface area contributed by atoms with Crippen LogP contribution in [0.2, 0.25) is 0 Å². The molecule has 0 atom stereocenters. The second-order valence-electron chi connectivity index (χ2n) is 2.91. The molecular weight excluding hydrogens is 182 g/mol. The average molecular weight is 191 g/mol. The topological polar surface area (TPSA) is 29.4 Å². The van der Waals surface area contributed by atoms with Crippen LogP contribution in [-0.2, 0) is 11.2 Å². The van der Waals surface area contributed by atoms with Crippen LogP contribution < -0.4 is 0 Å². The van der Waals surface area contributed by atoms with Gasteiger partial charge < -0.3 is 0 Å². The molecule has 1 aliphatic heterocycles. The molecule has 2 heterocycles. The van der Waals surface area contributed by atoms with Crippen LogP contribution in [0.4, 0.5) is 0 Å². The first kappa shape index (κ1) is 8.38. The molecule has 2 rings (SSSR count). The van der Waals surface area contributed by atoms with Crippen LogP contribution in [0.1, 0.15) is 11.3 Å². The first-order chi connectivity index (χ1) is 6.34. The SMILES string of the molecule is O=C1C=CN=C(Cc2cccs2)C1. The Hall–Kier alpha value is -1.22. The molecule has 66 valence electrons. The zero-order valence-corrected chi connectivity index (χ0v) is 7.88. The van der Waals surface area contributed by atoms with Crippen LogP contribution in [0.15, 0.2) is 34.8 Å². The number of hydrogen-bond donors (Lipinski definition) is 0. The van der Waals surface area contributed by atoms with Crippen molar-refractivity contribution in [3.05, 3.63) is 34.7 Å². The van der Waals surface area contributed by atoms with Gasteiger partial charge in [0.25, 0.3) is 0 Å². The highest BCUT2D eigenvalue weighted by molar-refractivity contribution is 7.10. The molecule has 0 amide bonds. The second-order valence-corrected chi connectivity index (χ2v) is 3.94. The fourth-order valence-corrected chi connectivity index (χ4v) is 1.99. The third-order valence-corrected chi connectivity index (χ3v) is 2.73. The Labute approximate surface area is 80.6 Å². The van der Waals surface area contributed by atoms with Gasteiger partial charge in [-0.2, -0.15) is 0 Å². The van der Waals surface area contributed by atoms with Crippen LogP contribution in [0, 0.1) is 0 Å². The number of ketones is 1. The van der Waals surface area contributed by atoms with Gasteiger partial charge in [0.05, 0.1) is 0 Å². The van der Waals surface area contributed by atoms with Crippen LogP contribution in [0.3, 0.4) is 0 Å². The maximum atomic E-state index is 11.0. The van der Waals surface area contributed by atoms with E-state index < -0.39 is 0 Å². The van der Waals surface area contributed by atoms with Gasteiger partial charge in [0.1, 0.15) is 0 Å². The van der Waals surface area contributed by atoms with E-state index in [1.54, 1.807) is 17.5 Å². The standard InChI is InChI=1S/C10H9NOS/c12-9-3-4-11-8(6-9)7-10-2-1-5-13-10/h1-5H,6-7H2. The number of rotatable bonds is 2. The summed E-state index contributed by atoms with van der Waals surface area (Å²) < 4.78 is 0. The lowest BCUT2D eigenvalue weighted by molar-refractivity contribution is -0.113. The summed E-state index contributed by atoms with van der Waals surface area (Å²) in [6, 6.07) is 4.08. The number of allylic oxidation sites excluding steroid dienone is 1. The van der Waals surface area contributed by atoms with E-state index in [2.05, 4.69) is 11.1 Å². The van der Waals surface area contributed by atoms with Crippen molar-refractivity contribution in [1.29, 1.82) is 0 Å². The smallest absolute Gasteiger partial charge is 0.162 e. The summed E-state index contributed by atoms with van der Waals surface area (Å²) in [6.45, 7) is 0. The molecule has 0 radical (unpaired) electrons. The van der Waals surface area contributed by atoms with E-state index in [1.807, 2.05) is 11.4 Å². The van der Waals surface area contributed by atoms with Crippen molar-refractivity contribution in [2.75, 3.05) is 0 Å². The van der Waals surface area contributed by atoms with Crippen molar-refractivity contribution in [1.82, 2.24) is 0 Å². The van der Waals surface area contributed by atoms with Gasteiger partial charge in [-0.25, -0.2) is 0 Å². The van der Waals surface area contributed by atoms with Crippen molar-refractivity contribution >= 4 is 22.8 Å². The molecule has 13 heavy (non-hydrogen) atoms. The van der Waals surface area contributed by atoms with Crippen LogP contribution in [0.5, 0.6) is 0 Å². The van der Waals surface area contributed by atoms with Gasteiger partial charge in [-0.05, 0) is 17.5 Å². The number of thiophene rings is 1. The summed E-state index contributed by atoms with van der Waals surface area (Å²) in [5, 5.41) is 2.04. The van der Waals surface area contributed by atoms with Crippen molar-refractivity contribution < 1.29 is 4.79 Å². The van der Waals surface area contributed by atoms with E-state index in [9.17, 15) is 4.79 Å². The quantitative estimate of drug-likeness (QED) is 0.704. The van der Waals surface area contributed by atoms with Crippen molar-refractivity contribution in [2.24, 2.45) is 4.99 Å². The Bertz CT molecular complexity index is 362. The molecule has 0 saturated heterocycles. The molecule has 0 aliphatic carbocycles. The fourth-order valence-electron chi connectivity index (χ4n) is 1.25. The molecule has 3 heteroatoms. The van der Waals surface area contributed by atoms with Gasteiger partial charge in [0.2, 0.25) is 0 Å². The number of carbonyl (C=O) groups is 1. The maximum absolute atomic E-state index is 11.0. The van der Waals surface area contributed by atoms with Gasteiger partial charge >= 0.3 is 0 Å². The Kier molecular flexibility index (Phi) is 2.36. The highest BCUT2D eigenvalue weighted by atomic mass is 32.1. The van der Waals surface area contributed by atoms with E-state index in [0.717, 1.165) is 12.1 Å². The predicted molar refractivity (Wildman–Crippen MR) is 54.2 cm³/mol. The lowest BCUT2D eigenvalue weighted by atomic mass is 10.1. The average Bonchev–Trinajstić information content (AvgIpc) is 2.57. The van der Waals surface area contributed by atoms with Crippen molar-refractivity contribution in [3.63, 3.8) is 0 Å². The molecule has 0 spiro atoms. The molecular formula is C10H9NOS. The maximum Gasteiger partial charge on any atom is 0.162 e. The zero-order chi connectivity index (χ0) is 9.10. The van der Waals surface area contributed by atoms with E-state index in [-0.39, 0.29) is 5.78 Å². The van der Waals surface area contributed by atoms with E-state index in [4.69, 9.17) is 0 Å². The van der Waals surface area contributed by atoms with E-state index in [0.29, 0.717) is 6.42 Å². The lowest BCUT2D eigenvalue weighted by Crippen LogP contribution is -2.10. The second kappa shape index (κ2) is 3.66. The monoisotopic (exact) mass is 191 g/mol. The Morgan fingerprint density at radius 3 is 3.15 bits per heavy atom. The summed E-state index contributed by atoms with van der Waals surface area (Å²) in [7, 11) is 0. The van der Waals surface area contributed by atoms with E-state index >= 15 is 0 Å². The largest absolute Gasteiger partial charge is 0.294 e. The minimum absolute atomic E-state index is 0.154.